The second kappa shape index (κ2) is 25.5. The number of likely N-dealkylation sites (tertiary alicyclic amines) is 1. The Labute approximate surface area is 341 Å². The van der Waals surface area contributed by atoms with Gasteiger partial charge in [-0.25, -0.2) is 4.79 Å². The van der Waals surface area contributed by atoms with Crippen molar-refractivity contribution in [1.82, 2.24) is 31.5 Å². The maximum atomic E-state index is 13.9. The Morgan fingerprint density at radius 2 is 1.03 bits per heavy atom. The topological polar surface area (TPSA) is 490 Å². The maximum absolute atomic E-state index is 13.9. The molecule has 60 heavy (non-hydrogen) atoms. The van der Waals surface area contributed by atoms with Crippen LogP contribution in [0.25, 0.3) is 0 Å². The zero-order valence-corrected chi connectivity index (χ0v) is 32.3. The summed E-state index contributed by atoms with van der Waals surface area (Å²) >= 11 is 0. The third-order valence-corrected chi connectivity index (χ3v) is 8.53. The predicted molar refractivity (Wildman–Crippen MR) is 204 cm³/mol. The molecule has 7 atom stereocenters. The molecule has 0 spiro atoms. The molecular formula is C32H53N13O15. The molecule has 0 aromatic rings. The molecule has 1 aliphatic rings. The quantitative estimate of drug-likeness (QED) is 0.0207. The number of carboxylic acid groups (broad SMARTS) is 4. The van der Waals surface area contributed by atoms with Crippen LogP contribution in [0.1, 0.15) is 57.8 Å². The number of aliphatic hydroxyl groups excluding tert-OH is 1. The van der Waals surface area contributed by atoms with Gasteiger partial charge >= 0.3 is 23.9 Å². The molecule has 0 bridgehead atoms. The van der Waals surface area contributed by atoms with Gasteiger partial charge in [-0.2, -0.15) is 0 Å². The largest absolute Gasteiger partial charge is 0.481 e. The Morgan fingerprint density at radius 1 is 0.600 bits per heavy atom. The van der Waals surface area contributed by atoms with Gasteiger partial charge < -0.3 is 85.7 Å². The predicted octanol–water partition coefficient (Wildman–Crippen LogP) is -7.66. The second-order valence-corrected chi connectivity index (χ2v) is 13.3. The van der Waals surface area contributed by atoms with Crippen molar-refractivity contribution in [2.75, 3.05) is 26.2 Å². The number of carbonyl (C=O) groups is 10. The zero-order valence-electron chi connectivity index (χ0n) is 32.3. The van der Waals surface area contributed by atoms with E-state index in [9.17, 15) is 68.4 Å². The summed E-state index contributed by atoms with van der Waals surface area (Å²) in [5.41, 5.74) is 26.9. The van der Waals surface area contributed by atoms with Crippen molar-refractivity contribution in [3.05, 3.63) is 0 Å². The zero-order chi connectivity index (χ0) is 45.7. The summed E-state index contributed by atoms with van der Waals surface area (Å²) in [4.78, 5) is 135. The number of rotatable bonds is 27. The summed E-state index contributed by atoms with van der Waals surface area (Å²) < 4.78 is 0. The molecule has 0 unspecified atom stereocenters. The molecule has 20 N–H and O–H groups in total. The Balaban J connectivity index is 3.46. The van der Waals surface area contributed by atoms with Gasteiger partial charge in [0.2, 0.25) is 35.4 Å². The smallest absolute Gasteiger partial charge is 0.328 e. The van der Waals surface area contributed by atoms with Crippen molar-refractivity contribution in [1.29, 1.82) is 0 Å². The minimum absolute atomic E-state index is 0.0284. The molecule has 1 aliphatic heterocycles. The number of amides is 6. The fraction of sp³-hybridized carbons (Fsp3) is 0.625. The average Bonchev–Trinajstić information content (AvgIpc) is 3.64. The van der Waals surface area contributed by atoms with Gasteiger partial charge in [-0.1, -0.05) is 0 Å². The number of aliphatic imine (C=N–C) groups is 2. The van der Waals surface area contributed by atoms with Gasteiger partial charge in [-0.15, -0.1) is 0 Å². The molecule has 0 aromatic heterocycles. The highest BCUT2D eigenvalue weighted by molar-refractivity contribution is 5.99. The molecule has 0 saturated carbocycles. The SMILES string of the molecule is NC(N)=NCCC[C@H](NC(=O)[C@H](CC(=O)O)NC(=O)[C@@H](N)CC(=O)O)C(=O)N[C@@H](CC(=O)O)C(=O)N[C@@H](CCCN=C(N)N)C(=O)N1CCC[C@H]1C(=O)N[C@@H](CO)C(=O)O. The lowest BCUT2D eigenvalue weighted by Crippen LogP contribution is -2.60. The van der Waals surface area contributed by atoms with E-state index in [1.165, 1.54) is 0 Å². The van der Waals surface area contributed by atoms with E-state index in [1.54, 1.807) is 0 Å². The summed E-state index contributed by atoms with van der Waals surface area (Å²) in [6.45, 7) is -1.14. The van der Waals surface area contributed by atoms with Crippen LogP contribution in [0.15, 0.2) is 9.98 Å². The molecule has 1 saturated heterocycles. The number of aliphatic carboxylic acids is 4. The Kier molecular flexibility index (Phi) is 21.8. The molecule has 0 aliphatic carbocycles. The first kappa shape index (κ1) is 51.2. The van der Waals surface area contributed by atoms with E-state index in [2.05, 4.69) is 31.3 Å². The van der Waals surface area contributed by atoms with Crippen LogP contribution in [0.5, 0.6) is 0 Å². The Hall–Kier alpha value is -6.84. The standard InChI is InChI=1S/C32H53N13O15/c33-14(10-21(47)48)24(53)42-17(11-22(49)50)26(55)40-15(4-1-7-38-31(34)35)25(54)43-18(12-23(51)52)27(56)41-16(5-2-8-39-32(36)37)29(58)45-9-3-6-20(45)28(57)44-19(13-46)30(59)60/h14-20,46H,1-13,33H2,(H,40,55)(H,41,56)(H,42,53)(H,43,54)(H,44,57)(H,47,48)(H,49,50)(H,51,52)(H,59,60)(H4,34,35,38)(H4,36,37,39)/t14-,15-,16-,17-,18-,19-,20-/m0/s1. The van der Waals surface area contributed by atoms with Crippen LogP contribution in [-0.2, 0) is 47.9 Å². The van der Waals surface area contributed by atoms with E-state index in [4.69, 9.17) is 33.8 Å². The van der Waals surface area contributed by atoms with E-state index in [0.717, 1.165) is 4.90 Å². The van der Waals surface area contributed by atoms with Gasteiger partial charge in [0.15, 0.2) is 11.9 Å². The van der Waals surface area contributed by atoms with Gasteiger partial charge in [0.1, 0.15) is 36.3 Å². The van der Waals surface area contributed by atoms with Crippen LogP contribution in [0.2, 0.25) is 0 Å². The lowest BCUT2D eigenvalue weighted by molar-refractivity contribution is -0.146. The number of hydrogen-bond acceptors (Lipinski definition) is 14. The average molecular weight is 860 g/mol. The maximum Gasteiger partial charge on any atom is 0.328 e. The van der Waals surface area contributed by atoms with Crippen molar-refractivity contribution in [2.45, 2.75) is 100 Å². The second-order valence-electron chi connectivity index (χ2n) is 13.3. The van der Waals surface area contributed by atoms with E-state index < -0.39 is 127 Å². The number of nitrogens with two attached hydrogens (primary N) is 5. The van der Waals surface area contributed by atoms with E-state index >= 15 is 0 Å². The summed E-state index contributed by atoms with van der Waals surface area (Å²) in [6.07, 6.45) is -3.23. The van der Waals surface area contributed by atoms with Crippen molar-refractivity contribution in [3.8, 4) is 0 Å². The third-order valence-electron chi connectivity index (χ3n) is 8.53. The molecule has 0 radical (unpaired) electrons. The summed E-state index contributed by atoms with van der Waals surface area (Å²) in [5.74, 6) is -13.6. The molecular weight excluding hydrogens is 806 g/mol. The summed E-state index contributed by atoms with van der Waals surface area (Å²) in [6, 6.07) is -11.7. The molecule has 1 fully saturated rings. The number of guanidine groups is 2. The Morgan fingerprint density at radius 3 is 1.48 bits per heavy atom. The van der Waals surface area contributed by atoms with Gasteiger partial charge in [0.25, 0.3) is 0 Å². The van der Waals surface area contributed by atoms with Gasteiger partial charge in [0, 0.05) is 19.6 Å². The number of nitrogens with zero attached hydrogens (tertiary/aromatic N) is 3. The highest BCUT2D eigenvalue weighted by atomic mass is 16.4. The number of carboxylic acids is 4. The van der Waals surface area contributed by atoms with Crippen molar-refractivity contribution in [3.63, 3.8) is 0 Å². The normalized spacial score (nSPS) is 16.2. The van der Waals surface area contributed by atoms with Crippen LogP contribution < -0.4 is 55.3 Å². The van der Waals surface area contributed by atoms with Crippen molar-refractivity contribution < 1.29 is 73.5 Å². The Bertz CT molecular complexity index is 1650. The fourth-order valence-corrected chi connectivity index (χ4v) is 5.63. The van der Waals surface area contributed by atoms with E-state index in [-0.39, 0.29) is 70.1 Å². The van der Waals surface area contributed by atoms with Crippen LogP contribution >= 0.6 is 0 Å². The first-order chi connectivity index (χ1) is 28.1. The molecule has 336 valence electrons. The van der Waals surface area contributed by atoms with Crippen molar-refractivity contribution >= 4 is 71.2 Å². The first-order valence-electron chi connectivity index (χ1n) is 18.3. The fourth-order valence-electron chi connectivity index (χ4n) is 5.63. The molecule has 6 amide bonds. The monoisotopic (exact) mass is 859 g/mol. The lowest BCUT2D eigenvalue weighted by Gasteiger charge is -2.30. The number of nitrogens with one attached hydrogen (secondary N) is 5. The molecule has 28 nitrogen and oxygen atoms in total. The third kappa shape index (κ3) is 18.6. The van der Waals surface area contributed by atoms with Gasteiger partial charge in [0.05, 0.1) is 31.9 Å². The molecule has 28 heteroatoms. The lowest BCUT2D eigenvalue weighted by atomic mass is 10.1. The van der Waals surface area contributed by atoms with Crippen LogP contribution in [-0.4, -0.2) is 170 Å². The highest BCUT2D eigenvalue weighted by Crippen LogP contribution is 2.20. The summed E-state index contributed by atoms with van der Waals surface area (Å²) in [7, 11) is 0. The number of hydrogen-bond donors (Lipinski definition) is 15. The van der Waals surface area contributed by atoms with E-state index in [0.29, 0.717) is 0 Å². The first-order valence-corrected chi connectivity index (χ1v) is 18.3. The summed E-state index contributed by atoms with van der Waals surface area (Å²) in [5, 5.41) is 57.5. The molecule has 1 rings (SSSR count). The molecule has 1 heterocycles. The molecule has 0 aromatic carbocycles. The van der Waals surface area contributed by atoms with Crippen LogP contribution in [0, 0.1) is 0 Å². The minimum atomic E-state index is -1.96. The van der Waals surface area contributed by atoms with Crippen LogP contribution in [0.4, 0.5) is 0 Å². The minimum Gasteiger partial charge on any atom is -0.481 e. The number of aliphatic hydroxyl groups is 1. The van der Waals surface area contributed by atoms with Crippen LogP contribution in [0.3, 0.4) is 0 Å². The van der Waals surface area contributed by atoms with Crippen molar-refractivity contribution in [2.24, 2.45) is 38.7 Å². The van der Waals surface area contributed by atoms with Gasteiger partial charge in [-0.05, 0) is 38.5 Å². The number of carbonyl (C=O) groups excluding carboxylic acids is 6. The highest BCUT2D eigenvalue weighted by Gasteiger charge is 2.40. The van der Waals surface area contributed by atoms with Gasteiger partial charge in [-0.3, -0.25) is 53.1 Å². The van der Waals surface area contributed by atoms with E-state index in [1.807, 2.05) is 5.32 Å².